The molecule has 0 atom stereocenters. The van der Waals surface area contributed by atoms with Gasteiger partial charge < -0.3 is 9.47 Å². The Morgan fingerprint density at radius 1 is 0.966 bits per heavy atom. The summed E-state index contributed by atoms with van der Waals surface area (Å²) in [6.45, 7) is 1.56. The first-order valence-corrected chi connectivity index (χ1v) is 10.1. The van der Waals surface area contributed by atoms with Gasteiger partial charge in [-0.25, -0.2) is 22.7 Å². The molecule has 8 nitrogen and oxygen atoms in total. The van der Waals surface area contributed by atoms with Crippen LogP contribution >= 0.6 is 0 Å². The van der Waals surface area contributed by atoms with E-state index in [2.05, 4.69) is 5.10 Å². The van der Waals surface area contributed by atoms with Crippen molar-refractivity contribution < 1.29 is 27.5 Å². The third kappa shape index (κ3) is 3.77. The summed E-state index contributed by atoms with van der Waals surface area (Å²) < 4.78 is 37.7. The molecular weight excluding hydrogens is 396 g/mol. The van der Waals surface area contributed by atoms with Crippen LogP contribution in [0.15, 0.2) is 70.6 Å². The molecule has 29 heavy (non-hydrogen) atoms. The highest BCUT2D eigenvalue weighted by atomic mass is 32.2. The summed E-state index contributed by atoms with van der Waals surface area (Å²) in [6, 6.07) is 15.9. The Morgan fingerprint density at radius 2 is 1.55 bits per heavy atom. The number of nitrogens with zero attached hydrogens (tertiary/aromatic N) is 2. The maximum absolute atomic E-state index is 13.5. The lowest BCUT2D eigenvalue weighted by molar-refractivity contribution is 0.0499. The van der Waals surface area contributed by atoms with Gasteiger partial charge in [0.15, 0.2) is 10.7 Å². The van der Waals surface area contributed by atoms with E-state index in [1.807, 2.05) is 0 Å². The number of carbonyl (C=O) groups excluding carboxylic acids is 2. The van der Waals surface area contributed by atoms with Crippen molar-refractivity contribution in [2.45, 2.75) is 16.8 Å². The number of methoxy groups -OCH3 is 1. The van der Waals surface area contributed by atoms with Crippen LogP contribution in [0.3, 0.4) is 0 Å². The van der Waals surface area contributed by atoms with Crippen LogP contribution in [-0.2, 0) is 19.3 Å². The number of hydrogen-bond acceptors (Lipinski definition) is 7. The molecule has 2 aromatic carbocycles. The van der Waals surface area contributed by atoms with Gasteiger partial charge in [0.05, 0.1) is 24.3 Å². The average Bonchev–Trinajstić information content (AvgIpc) is 3.16. The third-order valence-electron chi connectivity index (χ3n) is 4.01. The predicted molar refractivity (Wildman–Crippen MR) is 103 cm³/mol. The van der Waals surface area contributed by atoms with E-state index in [4.69, 9.17) is 9.47 Å². The molecule has 0 unspecified atom stereocenters. The highest BCUT2D eigenvalue weighted by Gasteiger charge is 2.37. The molecule has 150 valence electrons. The summed E-state index contributed by atoms with van der Waals surface area (Å²) in [7, 11) is -3.13. The van der Waals surface area contributed by atoms with E-state index in [0.29, 0.717) is 5.69 Å². The second-order valence-electron chi connectivity index (χ2n) is 5.80. The van der Waals surface area contributed by atoms with Crippen LogP contribution in [-0.4, -0.2) is 43.9 Å². The molecule has 1 heterocycles. The van der Waals surface area contributed by atoms with Crippen molar-refractivity contribution in [1.82, 2.24) is 9.78 Å². The summed E-state index contributed by atoms with van der Waals surface area (Å²) in [5.41, 5.74) is -0.557. The molecule has 3 rings (SSSR count). The molecule has 3 aromatic rings. The number of sulfone groups is 1. The number of carbonyl (C=O) groups is 2. The van der Waals surface area contributed by atoms with Crippen molar-refractivity contribution in [2.24, 2.45) is 0 Å². The summed E-state index contributed by atoms with van der Waals surface area (Å²) >= 11 is 0. The van der Waals surface area contributed by atoms with E-state index < -0.39 is 38.1 Å². The van der Waals surface area contributed by atoms with Crippen LogP contribution in [0, 0.1) is 0 Å². The molecule has 0 aliphatic heterocycles. The monoisotopic (exact) mass is 414 g/mol. The molecule has 0 saturated carbocycles. The van der Waals surface area contributed by atoms with Crippen molar-refractivity contribution in [2.75, 3.05) is 13.7 Å². The van der Waals surface area contributed by atoms with Gasteiger partial charge in [-0.1, -0.05) is 36.4 Å². The summed E-state index contributed by atoms with van der Waals surface area (Å²) in [5, 5.41) is 3.64. The minimum Gasteiger partial charge on any atom is -0.464 e. The van der Waals surface area contributed by atoms with E-state index in [9.17, 15) is 18.0 Å². The Morgan fingerprint density at radius 3 is 2.10 bits per heavy atom. The summed E-state index contributed by atoms with van der Waals surface area (Å²) in [4.78, 5) is 24.9. The van der Waals surface area contributed by atoms with Gasteiger partial charge in [0, 0.05) is 0 Å². The first-order chi connectivity index (χ1) is 13.9. The van der Waals surface area contributed by atoms with Gasteiger partial charge in [0.2, 0.25) is 9.84 Å². The zero-order valence-corrected chi connectivity index (χ0v) is 16.5. The fourth-order valence-corrected chi connectivity index (χ4v) is 4.29. The average molecular weight is 414 g/mol. The number of para-hydroxylation sites is 1. The number of esters is 2. The Balaban J connectivity index is 2.41. The van der Waals surface area contributed by atoms with Crippen molar-refractivity contribution in [3.8, 4) is 5.69 Å². The second kappa shape index (κ2) is 8.27. The van der Waals surface area contributed by atoms with Crippen molar-refractivity contribution in [1.29, 1.82) is 0 Å². The molecule has 0 saturated heterocycles. The Kier molecular flexibility index (Phi) is 5.79. The highest BCUT2D eigenvalue weighted by molar-refractivity contribution is 7.91. The minimum atomic E-state index is -4.24. The van der Waals surface area contributed by atoms with E-state index in [0.717, 1.165) is 11.8 Å². The van der Waals surface area contributed by atoms with Crippen LogP contribution in [0.5, 0.6) is 0 Å². The fraction of sp³-hybridized carbons (Fsp3) is 0.150. The maximum Gasteiger partial charge on any atom is 0.359 e. The molecular formula is C20H18N2O6S. The molecule has 1 aromatic heterocycles. The van der Waals surface area contributed by atoms with Crippen molar-refractivity contribution in [3.05, 3.63) is 71.9 Å². The van der Waals surface area contributed by atoms with Crippen molar-refractivity contribution >= 4 is 21.8 Å². The minimum absolute atomic E-state index is 0.0131. The summed E-state index contributed by atoms with van der Waals surface area (Å²) in [6.07, 6.45) is 0. The third-order valence-corrected chi connectivity index (χ3v) is 5.79. The van der Waals surface area contributed by atoms with Gasteiger partial charge in [0.25, 0.3) is 0 Å². The van der Waals surface area contributed by atoms with Gasteiger partial charge in [0.1, 0.15) is 5.56 Å². The number of benzene rings is 2. The molecule has 0 amide bonds. The molecule has 9 heteroatoms. The first kappa shape index (κ1) is 20.3. The van der Waals surface area contributed by atoms with Gasteiger partial charge in [-0.15, -0.1) is 0 Å². The molecule has 0 fully saturated rings. The maximum atomic E-state index is 13.5. The topological polar surface area (TPSA) is 105 Å². The number of aromatic nitrogens is 2. The number of rotatable bonds is 6. The quantitative estimate of drug-likeness (QED) is 0.571. The molecule has 0 aliphatic carbocycles. The fourth-order valence-electron chi connectivity index (χ4n) is 2.73. The smallest absolute Gasteiger partial charge is 0.359 e. The van der Waals surface area contributed by atoms with Crippen LogP contribution in [0.25, 0.3) is 5.69 Å². The van der Waals surface area contributed by atoms with E-state index >= 15 is 0 Å². The largest absolute Gasteiger partial charge is 0.464 e. The second-order valence-corrected chi connectivity index (χ2v) is 7.67. The number of hydrogen-bond donors (Lipinski definition) is 0. The van der Waals surface area contributed by atoms with E-state index in [1.165, 1.54) is 12.1 Å². The zero-order chi connectivity index (χ0) is 21.0. The van der Waals surface area contributed by atoms with Gasteiger partial charge in [-0.05, 0) is 31.2 Å². The highest BCUT2D eigenvalue weighted by Crippen LogP contribution is 2.30. The predicted octanol–water partition coefficient (Wildman–Crippen LogP) is 2.67. The molecule has 0 spiro atoms. The SMILES string of the molecule is CCOC(=O)c1c(C(=O)OC)nn(-c2ccccc2)c1S(=O)(=O)c1ccccc1. The summed E-state index contributed by atoms with van der Waals surface area (Å²) in [5.74, 6) is -1.93. The Hall–Kier alpha value is -3.46. The lowest BCUT2D eigenvalue weighted by Gasteiger charge is -2.10. The lowest BCUT2D eigenvalue weighted by Crippen LogP contribution is -2.17. The van der Waals surface area contributed by atoms with Crippen LogP contribution in [0.4, 0.5) is 0 Å². The van der Waals surface area contributed by atoms with E-state index in [-0.39, 0.29) is 11.5 Å². The molecule has 0 aliphatic rings. The molecule has 0 N–H and O–H groups in total. The zero-order valence-electron chi connectivity index (χ0n) is 15.7. The van der Waals surface area contributed by atoms with Gasteiger partial charge >= 0.3 is 11.9 Å². The normalized spacial score (nSPS) is 11.1. The molecule has 0 radical (unpaired) electrons. The van der Waals surface area contributed by atoms with Crippen LogP contribution in [0.2, 0.25) is 0 Å². The van der Waals surface area contributed by atoms with E-state index in [1.54, 1.807) is 55.5 Å². The molecule has 0 bridgehead atoms. The first-order valence-electron chi connectivity index (χ1n) is 8.65. The Bertz CT molecular complexity index is 1140. The van der Waals surface area contributed by atoms with Crippen LogP contribution < -0.4 is 0 Å². The lowest BCUT2D eigenvalue weighted by atomic mass is 10.2. The van der Waals surface area contributed by atoms with Gasteiger partial charge in [-0.2, -0.15) is 5.10 Å². The standard InChI is InChI=1S/C20H18N2O6S/c1-3-28-19(23)16-17(20(24)27-2)21-22(14-10-6-4-7-11-14)18(16)29(25,26)15-12-8-5-9-13-15/h4-13H,3H2,1-2H3. The Labute approximate surface area is 167 Å². The van der Waals surface area contributed by atoms with Crippen LogP contribution in [0.1, 0.15) is 27.8 Å². The van der Waals surface area contributed by atoms with Gasteiger partial charge in [-0.3, -0.25) is 0 Å². The number of ether oxygens (including phenoxy) is 2. The van der Waals surface area contributed by atoms with Crippen molar-refractivity contribution in [3.63, 3.8) is 0 Å².